The van der Waals surface area contributed by atoms with Crippen molar-refractivity contribution in [2.75, 3.05) is 0 Å². The van der Waals surface area contributed by atoms with Crippen LogP contribution in [-0.4, -0.2) is 5.78 Å². The topological polar surface area (TPSA) is 17.1 Å². The Balaban J connectivity index is 2.49. The third-order valence-corrected chi connectivity index (χ3v) is 4.52. The summed E-state index contributed by atoms with van der Waals surface area (Å²) in [5.41, 5.74) is 0.721. The number of carbonyl (C=O) groups is 1. The lowest BCUT2D eigenvalue weighted by molar-refractivity contribution is 0.0992. The van der Waals surface area contributed by atoms with E-state index < -0.39 is 5.82 Å². The van der Waals surface area contributed by atoms with Crippen LogP contribution in [0.4, 0.5) is 4.39 Å². The molecule has 0 amide bonds. The predicted octanol–water partition coefficient (Wildman–Crippen LogP) is 5.56. The van der Waals surface area contributed by atoms with Crippen molar-refractivity contribution in [2.24, 2.45) is 0 Å². The van der Waals surface area contributed by atoms with Gasteiger partial charge in [0.1, 0.15) is 5.82 Å². The van der Waals surface area contributed by atoms with Crippen molar-refractivity contribution in [1.29, 1.82) is 0 Å². The number of ketones is 1. The van der Waals surface area contributed by atoms with Gasteiger partial charge in [0, 0.05) is 21.3 Å². The Morgan fingerprint density at radius 1 is 1.44 bits per heavy atom. The summed E-state index contributed by atoms with van der Waals surface area (Å²) in [6, 6.07) is 6.24. The van der Waals surface area contributed by atoms with E-state index in [4.69, 9.17) is 11.6 Å². The first-order valence-corrected chi connectivity index (χ1v) is 7.29. The highest BCUT2D eigenvalue weighted by Crippen LogP contribution is 2.39. The fraction of sp³-hybridized carbons (Fsp3) is 0.154. The van der Waals surface area contributed by atoms with Gasteiger partial charge in [-0.25, -0.2) is 4.39 Å². The zero-order chi connectivity index (χ0) is 13.3. The van der Waals surface area contributed by atoms with E-state index in [1.54, 1.807) is 6.07 Å². The molecular weight excluding hydrogens is 339 g/mol. The van der Waals surface area contributed by atoms with Crippen LogP contribution in [-0.2, 0) is 0 Å². The number of benzene rings is 1. The molecular formula is C13H9BrClFOS. The first kappa shape index (κ1) is 13.7. The summed E-state index contributed by atoms with van der Waals surface area (Å²) in [7, 11) is 0. The van der Waals surface area contributed by atoms with Gasteiger partial charge in [-0.05, 0) is 40.2 Å². The molecule has 0 saturated heterocycles. The standard InChI is InChI=1S/C13H9BrClFOS/c1-2-10(17)11-3-4-12(18-11)13-8(14)5-7(16)6-9(13)15/h3-6H,2H2,1H3. The molecule has 0 fully saturated rings. The van der Waals surface area contributed by atoms with Crippen molar-refractivity contribution >= 4 is 44.7 Å². The van der Waals surface area contributed by atoms with Crippen LogP contribution in [0.3, 0.4) is 0 Å². The van der Waals surface area contributed by atoms with Crippen LogP contribution >= 0.6 is 38.9 Å². The van der Waals surface area contributed by atoms with Crippen LogP contribution in [0, 0.1) is 5.82 Å². The summed E-state index contributed by atoms with van der Waals surface area (Å²) in [6.45, 7) is 1.82. The summed E-state index contributed by atoms with van der Waals surface area (Å²) < 4.78 is 13.7. The van der Waals surface area contributed by atoms with E-state index in [9.17, 15) is 9.18 Å². The number of rotatable bonds is 3. The van der Waals surface area contributed by atoms with Gasteiger partial charge in [-0.1, -0.05) is 18.5 Å². The SMILES string of the molecule is CCC(=O)c1ccc(-c2c(Cl)cc(F)cc2Br)s1. The van der Waals surface area contributed by atoms with Crippen molar-refractivity contribution < 1.29 is 9.18 Å². The number of carbonyl (C=O) groups excluding carboxylic acids is 1. The Morgan fingerprint density at radius 3 is 2.78 bits per heavy atom. The number of hydrogen-bond acceptors (Lipinski definition) is 2. The Labute approximate surface area is 122 Å². The van der Waals surface area contributed by atoms with Crippen LogP contribution in [0.1, 0.15) is 23.0 Å². The average molecular weight is 348 g/mol. The molecule has 2 rings (SSSR count). The van der Waals surface area contributed by atoms with E-state index in [1.807, 2.05) is 13.0 Å². The van der Waals surface area contributed by atoms with Crippen LogP contribution in [0.25, 0.3) is 10.4 Å². The summed E-state index contributed by atoms with van der Waals surface area (Å²) in [5, 5.41) is 0.333. The van der Waals surface area contributed by atoms with Gasteiger partial charge in [-0.2, -0.15) is 0 Å². The van der Waals surface area contributed by atoms with E-state index in [1.165, 1.54) is 23.5 Å². The predicted molar refractivity (Wildman–Crippen MR) is 77.0 cm³/mol. The van der Waals surface area contributed by atoms with Gasteiger partial charge in [0.25, 0.3) is 0 Å². The highest BCUT2D eigenvalue weighted by atomic mass is 79.9. The second-order valence-corrected chi connectivity index (χ2v) is 6.03. The van der Waals surface area contributed by atoms with Crippen molar-refractivity contribution in [1.82, 2.24) is 0 Å². The Morgan fingerprint density at radius 2 is 2.17 bits per heavy atom. The van der Waals surface area contributed by atoms with Crippen molar-refractivity contribution in [2.45, 2.75) is 13.3 Å². The fourth-order valence-corrected chi connectivity index (χ4v) is 3.92. The maximum atomic E-state index is 13.1. The number of Topliss-reactive ketones (excluding diaryl/α,β-unsaturated/α-hetero) is 1. The molecule has 0 atom stereocenters. The molecule has 0 unspecified atom stereocenters. The normalized spacial score (nSPS) is 10.7. The minimum Gasteiger partial charge on any atom is -0.293 e. The van der Waals surface area contributed by atoms with Crippen LogP contribution in [0.5, 0.6) is 0 Å². The zero-order valence-corrected chi connectivity index (χ0v) is 12.6. The molecule has 0 radical (unpaired) electrons. The third kappa shape index (κ3) is 2.66. The molecule has 94 valence electrons. The van der Waals surface area contributed by atoms with Crippen molar-refractivity contribution in [3.63, 3.8) is 0 Å². The van der Waals surface area contributed by atoms with Gasteiger partial charge < -0.3 is 0 Å². The summed E-state index contributed by atoms with van der Waals surface area (Å²) in [6.07, 6.45) is 0.471. The maximum Gasteiger partial charge on any atom is 0.172 e. The average Bonchev–Trinajstić information content (AvgIpc) is 2.76. The van der Waals surface area contributed by atoms with Crippen LogP contribution < -0.4 is 0 Å². The molecule has 1 heterocycles. The van der Waals surface area contributed by atoms with Gasteiger partial charge in [-0.15, -0.1) is 11.3 Å². The summed E-state index contributed by atoms with van der Waals surface area (Å²) >= 11 is 10.7. The maximum absolute atomic E-state index is 13.1. The summed E-state index contributed by atoms with van der Waals surface area (Å²) in [4.78, 5) is 13.1. The molecule has 0 bridgehead atoms. The smallest absolute Gasteiger partial charge is 0.172 e. The van der Waals surface area contributed by atoms with Gasteiger partial charge in [0.15, 0.2) is 5.78 Å². The second-order valence-electron chi connectivity index (χ2n) is 3.69. The Bertz CT molecular complexity index is 586. The van der Waals surface area contributed by atoms with Gasteiger partial charge >= 0.3 is 0 Å². The Kier molecular flexibility index (Phi) is 4.20. The van der Waals surface area contributed by atoms with E-state index in [0.29, 0.717) is 20.8 Å². The largest absolute Gasteiger partial charge is 0.293 e. The van der Waals surface area contributed by atoms with E-state index in [2.05, 4.69) is 15.9 Å². The first-order chi connectivity index (χ1) is 8.52. The van der Waals surface area contributed by atoms with Gasteiger partial charge in [-0.3, -0.25) is 4.79 Å². The third-order valence-electron chi connectivity index (χ3n) is 2.46. The fourth-order valence-electron chi connectivity index (χ4n) is 1.57. The quantitative estimate of drug-likeness (QED) is 0.664. The molecule has 1 aromatic carbocycles. The lowest BCUT2D eigenvalue weighted by Gasteiger charge is -2.04. The molecule has 5 heteroatoms. The van der Waals surface area contributed by atoms with E-state index in [0.717, 1.165) is 10.4 Å². The van der Waals surface area contributed by atoms with Crippen molar-refractivity contribution in [3.05, 3.63) is 44.5 Å². The first-order valence-electron chi connectivity index (χ1n) is 5.31. The monoisotopic (exact) mass is 346 g/mol. The van der Waals surface area contributed by atoms with E-state index in [-0.39, 0.29) is 5.78 Å². The minimum absolute atomic E-state index is 0.0978. The van der Waals surface area contributed by atoms with E-state index >= 15 is 0 Å². The number of thiophene rings is 1. The molecule has 0 spiro atoms. The highest BCUT2D eigenvalue weighted by molar-refractivity contribution is 9.10. The molecule has 18 heavy (non-hydrogen) atoms. The van der Waals surface area contributed by atoms with Crippen LogP contribution in [0.15, 0.2) is 28.7 Å². The molecule has 0 aliphatic heterocycles. The number of halogens is 3. The molecule has 1 nitrogen and oxygen atoms in total. The highest BCUT2D eigenvalue weighted by Gasteiger charge is 2.14. The molecule has 0 aliphatic carbocycles. The molecule has 0 N–H and O–H groups in total. The number of hydrogen-bond donors (Lipinski definition) is 0. The summed E-state index contributed by atoms with van der Waals surface area (Å²) in [5.74, 6) is -0.294. The minimum atomic E-state index is -0.392. The van der Waals surface area contributed by atoms with Gasteiger partial charge in [0.2, 0.25) is 0 Å². The van der Waals surface area contributed by atoms with Crippen molar-refractivity contribution in [3.8, 4) is 10.4 Å². The molecule has 0 aliphatic rings. The molecule has 0 saturated carbocycles. The second kappa shape index (κ2) is 5.51. The Hall–Kier alpha value is -0.710. The molecule has 1 aromatic heterocycles. The lowest BCUT2D eigenvalue weighted by atomic mass is 10.2. The molecule has 2 aromatic rings. The zero-order valence-electron chi connectivity index (χ0n) is 9.47. The van der Waals surface area contributed by atoms with Gasteiger partial charge in [0.05, 0.1) is 9.90 Å². The van der Waals surface area contributed by atoms with Crippen LogP contribution in [0.2, 0.25) is 5.02 Å². The lowest BCUT2D eigenvalue weighted by Crippen LogP contribution is -1.90.